The minimum atomic E-state index is -0.237. The standard InChI is InChI=1S/C20H24N6O2/c1-14-5-6-15(2)17(13-14)26-18(27)8-7-16(25-26)19(28)21-9-3-10-22-20-23-11-4-12-24-20/h4-6,11-13H,3,7-10H2,1-2H3,(H,21,28)(H,22,23,24). The van der Waals surface area contributed by atoms with E-state index < -0.39 is 0 Å². The first-order chi connectivity index (χ1) is 13.5. The summed E-state index contributed by atoms with van der Waals surface area (Å²) in [5, 5.41) is 11.6. The minimum Gasteiger partial charge on any atom is -0.354 e. The van der Waals surface area contributed by atoms with E-state index in [-0.39, 0.29) is 18.2 Å². The van der Waals surface area contributed by atoms with Crippen LogP contribution in [0.3, 0.4) is 0 Å². The number of carbonyl (C=O) groups is 2. The fourth-order valence-electron chi connectivity index (χ4n) is 2.84. The van der Waals surface area contributed by atoms with Gasteiger partial charge in [0, 0.05) is 38.3 Å². The van der Waals surface area contributed by atoms with E-state index in [0.717, 1.165) is 23.2 Å². The molecule has 0 spiro atoms. The molecule has 2 amide bonds. The molecule has 2 N–H and O–H groups in total. The molecule has 0 aliphatic carbocycles. The summed E-state index contributed by atoms with van der Waals surface area (Å²) in [5.74, 6) is 0.226. The number of anilines is 2. The van der Waals surface area contributed by atoms with Gasteiger partial charge in [0.2, 0.25) is 11.9 Å². The van der Waals surface area contributed by atoms with Crippen molar-refractivity contribution in [3.63, 3.8) is 0 Å². The van der Waals surface area contributed by atoms with Crippen LogP contribution >= 0.6 is 0 Å². The summed E-state index contributed by atoms with van der Waals surface area (Å²) in [6, 6.07) is 7.60. The lowest BCUT2D eigenvalue weighted by Crippen LogP contribution is -2.39. The van der Waals surface area contributed by atoms with E-state index in [1.807, 2.05) is 32.0 Å². The lowest BCUT2D eigenvalue weighted by atomic mass is 10.1. The molecule has 0 atom stereocenters. The Kier molecular flexibility index (Phi) is 6.31. The zero-order chi connectivity index (χ0) is 19.9. The fraction of sp³-hybridized carbons (Fsp3) is 0.350. The topological polar surface area (TPSA) is 99.6 Å². The number of rotatable bonds is 7. The van der Waals surface area contributed by atoms with Crippen LogP contribution in [0.15, 0.2) is 41.8 Å². The number of amides is 2. The third kappa shape index (κ3) is 4.91. The van der Waals surface area contributed by atoms with Crippen LogP contribution in [0.25, 0.3) is 0 Å². The van der Waals surface area contributed by atoms with E-state index in [9.17, 15) is 9.59 Å². The van der Waals surface area contributed by atoms with Crippen LogP contribution in [-0.4, -0.2) is 40.6 Å². The molecular weight excluding hydrogens is 356 g/mol. The summed E-state index contributed by atoms with van der Waals surface area (Å²) >= 11 is 0. The van der Waals surface area contributed by atoms with Crippen LogP contribution in [0.5, 0.6) is 0 Å². The Morgan fingerprint density at radius 3 is 2.71 bits per heavy atom. The molecule has 8 nitrogen and oxygen atoms in total. The van der Waals surface area contributed by atoms with Gasteiger partial charge in [-0.2, -0.15) is 5.10 Å². The molecule has 0 saturated carbocycles. The third-order valence-electron chi connectivity index (χ3n) is 4.38. The first-order valence-corrected chi connectivity index (χ1v) is 9.31. The molecule has 0 fully saturated rings. The van der Waals surface area contributed by atoms with Gasteiger partial charge >= 0.3 is 0 Å². The summed E-state index contributed by atoms with van der Waals surface area (Å²) in [6.45, 7) is 5.03. The van der Waals surface area contributed by atoms with Crippen LogP contribution in [-0.2, 0) is 9.59 Å². The lowest BCUT2D eigenvalue weighted by Gasteiger charge is -2.24. The summed E-state index contributed by atoms with van der Waals surface area (Å²) in [5.41, 5.74) is 3.08. The maximum Gasteiger partial charge on any atom is 0.267 e. The number of hydrogen-bond donors (Lipinski definition) is 2. The summed E-state index contributed by atoms with van der Waals surface area (Å²) < 4.78 is 0. The molecule has 0 radical (unpaired) electrons. The number of nitrogens with zero attached hydrogens (tertiary/aromatic N) is 4. The van der Waals surface area contributed by atoms with Gasteiger partial charge in [-0.15, -0.1) is 0 Å². The van der Waals surface area contributed by atoms with Crippen LogP contribution in [0, 0.1) is 13.8 Å². The lowest BCUT2D eigenvalue weighted by molar-refractivity contribution is -0.118. The molecular formula is C20H24N6O2. The monoisotopic (exact) mass is 380 g/mol. The van der Waals surface area contributed by atoms with Crippen molar-refractivity contribution >= 4 is 29.2 Å². The van der Waals surface area contributed by atoms with Crippen molar-refractivity contribution in [3.05, 3.63) is 47.8 Å². The van der Waals surface area contributed by atoms with E-state index in [1.165, 1.54) is 5.01 Å². The van der Waals surface area contributed by atoms with Gasteiger partial charge in [0.05, 0.1) is 5.69 Å². The Morgan fingerprint density at radius 1 is 1.14 bits per heavy atom. The Balaban J connectivity index is 1.55. The molecule has 8 heteroatoms. The second kappa shape index (κ2) is 9.07. The summed E-state index contributed by atoms with van der Waals surface area (Å²) in [7, 11) is 0. The summed E-state index contributed by atoms with van der Waals surface area (Å²) in [4.78, 5) is 32.9. The smallest absolute Gasteiger partial charge is 0.267 e. The molecule has 1 aliphatic heterocycles. The molecule has 1 aromatic carbocycles. The average Bonchev–Trinajstić information content (AvgIpc) is 2.70. The maximum absolute atomic E-state index is 12.4. The van der Waals surface area contributed by atoms with Crippen molar-refractivity contribution in [2.45, 2.75) is 33.1 Å². The van der Waals surface area contributed by atoms with Crippen LogP contribution in [0.4, 0.5) is 11.6 Å². The number of hydrazone groups is 1. The molecule has 28 heavy (non-hydrogen) atoms. The first kappa shape index (κ1) is 19.5. The molecule has 1 aromatic heterocycles. The number of aryl methyl sites for hydroxylation is 2. The van der Waals surface area contributed by atoms with Crippen molar-refractivity contribution < 1.29 is 9.59 Å². The number of benzene rings is 1. The minimum absolute atomic E-state index is 0.0997. The van der Waals surface area contributed by atoms with Crippen molar-refractivity contribution in [2.24, 2.45) is 5.10 Å². The van der Waals surface area contributed by atoms with Gasteiger partial charge < -0.3 is 10.6 Å². The Labute approximate surface area is 164 Å². The third-order valence-corrected chi connectivity index (χ3v) is 4.38. The zero-order valence-corrected chi connectivity index (χ0v) is 16.1. The van der Waals surface area contributed by atoms with Gasteiger partial charge in [0.1, 0.15) is 5.71 Å². The van der Waals surface area contributed by atoms with Gasteiger partial charge in [-0.3, -0.25) is 9.59 Å². The molecule has 0 bridgehead atoms. The number of hydrogen-bond acceptors (Lipinski definition) is 6. The molecule has 3 rings (SSSR count). The highest BCUT2D eigenvalue weighted by atomic mass is 16.2. The average molecular weight is 380 g/mol. The van der Waals surface area contributed by atoms with Gasteiger partial charge in [-0.05, 0) is 43.5 Å². The van der Waals surface area contributed by atoms with Crippen LogP contribution in [0.1, 0.15) is 30.4 Å². The van der Waals surface area contributed by atoms with E-state index >= 15 is 0 Å². The normalized spacial score (nSPS) is 13.9. The molecule has 0 saturated heterocycles. The molecule has 0 unspecified atom stereocenters. The van der Waals surface area contributed by atoms with E-state index in [0.29, 0.717) is 31.2 Å². The summed E-state index contributed by atoms with van der Waals surface area (Å²) in [6.07, 6.45) is 4.67. The van der Waals surface area contributed by atoms with Crippen LogP contribution < -0.4 is 15.6 Å². The van der Waals surface area contributed by atoms with Crippen molar-refractivity contribution in [1.29, 1.82) is 0 Å². The zero-order valence-electron chi connectivity index (χ0n) is 16.1. The fourth-order valence-corrected chi connectivity index (χ4v) is 2.84. The second-order valence-electron chi connectivity index (χ2n) is 6.65. The number of aromatic nitrogens is 2. The van der Waals surface area contributed by atoms with Gasteiger partial charge in [-0.25, -0.2) is 15.0 Å². The highest BCUT2D eigenvalue weighted by Gasteiger charge is 2.26. The Morgan fingerprint density at radius 2 is 1.93 bits per heavy atom. The van der Waals surface area contributed by atoms with Gasteiger partial charge in [0.15, 0.2) is 0 Å². The van der Waals surface area contributed by atoms with Crippen molar-refractivity contribution in [1.82, 2.24) is 15.3 Å². The Hall–Kier alpha value is -3.29. The predicted octanol–water partition coefficient (Wildman–Crippen LogP) is 2.19. The number of nitrogens with one attached hydrogen (secondary N) is 2. The van der Waals surface area contributed by atoms with Gasteiger partial charge in [-0.1, -0.05) is 12.1 Å². The first-order valence-electron chi connectivity index (χ1n) is 9.31. The SMILES string of the molecule is Cc1ccc(C)c(N2N=C(C(=O)NCCCNc3ncccn3)CCC2=O)c1. The maximum atomic E-state index is 12.4. The highest BCUT2D eigenvalue weighted by Crippen LogP contribution is 2.25. The van der Waals surface area contributed by atoms with Crippen LogP contribution in [0.2, 0.25) is 0 Å². The predicted molar refractivity (Wildman–Crippen MR) is 108 cm³/mol. The molecule has 2 aromatic rings. The van der Waals surface area contributed by atoms with E-state index in [1.54, 1.807) is 18.5 Å². The van der Waals surface area contributed by atoms with E-state index in [4.69, 9.17) is 0 Å². The van der Waals surface area contributed by atoms with Gasteiger partial charge in [0.25, 0.3) is 5.91 Å². The molecule has 1 aliphatic rings. The largest absolute Gasteiger partial charge is 0.354 e. The Bertz CT molecular complexity index is 882. The highest BCUT2D eigenvalue weighted by molar-refractivity contribution is 6.40. The second-order valence-corrected chi connectivity index (χ2v) is 6.65. The van der Waals surface area contributed by atoms with Crippen molar-refractivity contribution in [2.75, 3.05) is 23.4 Å². The number of carbonyl (C=O) groups excluding carboxylic acids is 2. The molecule has 146 valence electrons. The quantitative estimate of drug-likeness (QED) is 0.718. The molecule has 2 heterocycles. The van der Waals surface area contributed by atoms with E-state index in [2.05, 4.69) is 25.7 Å². The van der Waals surface area contributed by atoms with Crippen molar-refractivity contribution in [3.8, 4) is 0 Å².